The second-order valence-electron chi connectivity index (χ2n) is 5.22. The van der Waals surface area contributed by atoms with Crippen molar-refractivity contribution in [3.63, 3.8) is 0 Å². The van der Waals surface area contributed by atoms with Gasteiger partial charge in [-0.15, -0.1) is 21.5 Å². The molecule has 5 nitrogen and oxygen atoms in total. The number of aryl methyl sites for hydroxylation is 2. The maximum atomic E-state index is 11.9. The third-order valence-electron chi connectivity index (χ3n) is 3.66. The van der Waals surface area contributed by atoms with E-state index < -0.39 is 0 Å². The topological polar surface area (TPSA) is 59.8 Å². The lowest BCUT2D eigenvalue weighted by Gasteiger charge is -2.05. The van der Waals surface area contributed by atoms with E-state index >= 15 is 0 Å². The van der Waals surface area contributed by atoms with Crippen LogP contribution < -0.4 is 5.32 Å². The number of nitrogens with one attached hydrogen (secondary N) is 1. The molecule has 6 heteroatoms. The fourth-order valence-electron chi connectivity index (χ4n) is 2.41. The highest BCUT2D eigenvalue weighted by Gasteiger charge is 2.07. The highest BCUT2D eigenvalue weighted by molar-refractivity contribution is 7.17. The van der Waals surface area contributed by atoms with Crippen molar-refractivity contribution in [3.05, 3.63) is 47.4 Å². The summed E-state index contributed by atoms with van der Waals surface area (Å²) in [5.74, 6) is 0.960. The van der Waals surface area contributed by atoms with Crippen LogP contribution in [-0.4, -0.2) is 27.2 Å². The molecule has 1 amide bonds. The Balaban J connectivity index is 1.47. The van der Waals surface area contributed by atoms with Crippen molar-refractivity contribution in [2.75, 3.05) is 6.54 Å². The molecule has 0 atom stereocenters. The standard InChI is InChI=1S/C16H18N4OS/c1-20-11-18-19-15(20)8-9-17-16(21)7-6-12-10-22-14-5-3-2-4-13(12)14/h2-5,10-11H,6-9H2,1H3,(H,17,21). The summed E-state index contributed by atoms with van der Waals surface area (Å²) in [4.78, 5) is 11.9. The van der Waals surface area contributed by atoms with E-state index in [0.717, 1.165) is 12.2 Å². The van der Waals surface area contributed by atoms with Crippen molar-refractivity contribution >= 4 is 27.3 Å². The van der Waals surface area contributed by atoms with Crippen molar-refractivity contribution in [2.45, 2.75) is 19.3 Å². The quantitative estimate of drug-likeness (QED) is 0.759. The summed E-state index contributed by atoms with van der Waals surface area (Å²) in [6, 6.07) is 8.32. The monoisotopic (exact) mass is 314 g/mol. The van der Waals surface area contributed by atoms with Gasteiger partial charge in [0, 0.05) is 31.1 Å². The molecule has 114 valence electrons. The molecule has 0 saturated heterocycles. The molecule has 0 aliphatic heterocycles. The first-order valence-corrected chi connectivity index (χ1v) is 8.16. The number of thiophene rings is 1. The minimum absolute atomic E-state index is 0.0810. The van der Waals surface area contributed by atoms with Crippen molar-refractivity contribution < 1.29 is 4.79 Å². The number of hydrogen-bond donors (Lipinski definition) is 1. The highest BCUT2D eigenvalue weighted by atomic mass is 32.1. The minimum atomic E-state index is 0.0810. The molecule has 3 aromatic rings. The summed E-state index contributed by atoms with van der Waals surface area (Å²) in [5.41, 5.74) is 1.25. The van der Waals surface area contributed by atoms with Crippen molar-refractivity contribution in [1.29, 1.82) is 0 Å². The average molecular weight is 314 g/mol. The number of carbonyl (C=O) groups is 1. The summed E-state index contributed by atoms with van der Waals surface area (Å²) in [7, 11) is 1.90. The molecule has 0 aliphatic rings. The number of fused-ring (bicyclic) bond motifs is 1. The van der Waals surface area contributed by atoms with Gasteiger partial charge in [0.15, 0.2) is 0 Å². The zero-order chi connectivity index (χ0) is 15.4. The number of amides is 1. The van der Waals surface area contributed by atoms with E-state index in [2.05, 4.69) is 33.0 Å². The number of rotatable bonds is 6. The average Bonchev–Trinajstić information content (AvgIpc) is 3.12. The molecule has 0 spiro atoms. The van der Waals surface area contributed by atoms with Crippen LogP contribution in [0.4, 0.5) is 0 Å². The van der Waals surface area contributed by atoms with Gasteiger partial charge in [-0.25, -0.2) is 0 Å². The second-order valence-corrected chi connectivity index (χ2v) is 6.13. The number of benzene rings is 1. The van der Waals surface area contributed by atoms with Crippen LogP contribution in [0.2, 0.25) is 0 Å². The van der Waals surface area contributed by atoms with Gasteiger partial charge in [0.25, 0.3) is 0 Å². The van der Waals surface area contributed by atoms with Crippen LogP contribution in [0.25, 0.3) is 10.1 Å². The molecule has 0 saturated carbocycles. The summed E-state index contributed by atoms with van der Waals surface area (Å²) < 4.78 is 3.14. The van der Waals surface area contributed by atoms with E-state index in [4.69, 9.17) is 0 Å². The predicted molar refractivity (Wildman–Crippen MR) is 87.9 cm³/mol. The van der Waals surface area contributed by atoms with Crippen LogP contribution in [0, 0.1) is 0 Å². The van der Waals surface area contributed by atoms with Crippen LogP contribution >= 0.6 is 11.3 Å². The van der Waals surface area contributed by atoms with Gasteiger partial charge in [-0.2, -0.15) is 0 Å². The van der Waals surface area contributed by atoms with E-state index in [9.17, 15) is 4.79 Å². The summed E-state index contributed by atoms with van der Waals surface area (Å²) in [6.07, 6.45) is 3.65. The molecule has 2 heterocycles. The molecule has 0 bridgehead atoms. The number of carbonyl (C=O) groups excluding carboxylic acids is 1. The van der Waals surface area contributed by atoms with E-state index in [1.165, 1.54) is 15.6 Å². The van der Waals surface area contributed by atoms with Gasteiger partial charge in [0.2, 0.25) is 5.91 Å². The number of nitrogens with zero attached hydrogens (tertiary/aromatic N) is 3. The van der Waals surface area contributed by atoms with Crippen LogP contribution in [0.3, 0.4) is 0 Å². The summed E-state index contributed by atoms with van der Waals surface area (Å²) in [6.45, 7) is 0.593. The molecule has 3 rings (SSSR count). The van der Waals surface area contributed by atoms with Crippen LogP contribution in [0.1, 0.15) is 17.8 Å². The first-order chi connectivity index (χ1) is 10.7. The largest absolute Gasteiger partial charge is 0.356 e. The zero-order valence-electron chi connectivity index (χ0n) is 12.5. The van der Waals surface area contributed by atoms with Gasteiger partial charge >= 0.3 is 0 Å². The van der Waals surface area contributed by atoms with E-state index in [1.807, 2.05) is 23.7 Å². The first kappa shape index (κ1) is 14.7. The van der Waals surface area contributed by atoms with Gasteiger partial charge < -0.3 is 9.88 Å². The Morgan fingerprint density at radius 3 is 3.00 bits per heavy atom. The second kappa shape index (κ2) is 6.70. The van der Waals surface area contributed by atoms with Gasteiger partial charge in [-0.05, 0) is 28.8 Å². The molecule has 2 aromatic heterocycles. The molecular weight excluding hydrogens is 296 g/mol. The summed E-state index contributed by atoms with van der Waals surface area (Å²) >= 11 is 1.73. The van der Waals surface area contributed by atoms with E-state index in [0.29, 0.717) is 19.4 Å². The molecule has 0 fully saturated rings. The molecule has 22 heavy (non-hydrogen) atoms. The highest BCUT2D eigenvalue weighted by Crippen LogP contribution is 2.26. The fraction of sp³-hybridized carbons (Fsp3) is 0.312. The van der Waals surface area contributed by atoms with Gasteiger partial charge in [-0.1, -0.05) is 18.2 Å². The number of aromatic nitrogens is 3. The maximum Gasteiger partial charge on any atom is 0.220 e. The maximum absolute atomic E-state index is 11.9. The van der Waals surface area contributed by atoms with E-state index in [1.54, 1.807) is 17.7 Å². The molecule has 0 unspecified atom stereocenters. The third-order valence-corrected chi connectivity index (χ3v) is 4.67. The normalized spacial score (nSPS) is 11.0. The lowest BCUT2D eigenvalue weighted by molar-refractivity contribution is -0.121. The smallest absolute Gasteiger partial charge is 0.220 e. The molecule has 0 aliphatic carbocycles. The predicted octanol–water partition coefficient (Wildman–Crippen LogP) is 2.32. The third kappa shape index (κ3) is 3.33. The molecule has 1 N–H and O–H groups in total. The zero-order valence-corrected chi connectivity index (χ0v) is 13.3. The Bertz CT molecular complexity index is 777. The van der Waals surface area contributed by atoms with E-state index in [-0.39, 0.29) is 5.91 Å². The van der Waals surface area contributed by atoms with Crippen LogP contribution in [-0.2, 0) is 24.7 Å². The lowest BCUT2D eigenvalue weighted by Crippen LogP contribution is -2.26. The lowest BCUT2D eigenvalue weighted by atomic mass is 10.1. The SMILES string of the molecule is Cn1cnnc1CCNC(=O)CCc1csc2ccccc12. The molecule has 1 aromatic carbocycles. The van der Waals surface area contributed by atoms with Crippen LogP contribution in [0.15, 0.2) is 36.0 Å². The Kier molecular flexibility index (Phi) is 4.48. The molecular formula is C16H18N4OS. The Morgan fingerprint density at radius 1 is 1.32 bits per heavy atom. The number of hydrogen-bond acceptors (Lipinski definition) is 4. The van der Waals surface area contributed by atoms with Gasteiger partial charge in [-0.3, -0.25) is 4.79 Å². The van der Waals surface area contributed by atoms with Crippen molar-refractivity contribution in [1.82, 2.24) is 20.1 Å². The minimum Gasteiger partial charge on any atom is -0.356 e. The Morgan fingerprint density at radius 2 is 2.18 bits per heavy atom. The summed E-state index contributed by atoms with van der Waals surface area (Å²) in [5, 5.41) is 14.2. The van der Waals surface area contributed by atoms with Crippen molar-refractivity contribution in [2.24, 2.45) is 7.05 Å². The first-order valence-electron chi connectivity index (χ1n) is 7.29. The Labute approximate surface area is 133 Å². The van der Waals surface area contributed by atoms with Gasteiger partial charge in [0.1, 0.15) is 12.2 Å². The van der Waals surface area contributed by atoms with Crippen molar-refractivity contribution in [3.8, 4) is 0 Å². The van der Waals surface area contributed by atoms with Crippen LogP contribution in [0.5, 0.6) is 0 Å². The molecule has 0 radical (unpaired) electrons. The Hall–Kier alpha value is -2.21. The fourth-order valence-corrected chi connectivity index (χ4v) is 3.41. The van der Waals surface area contributed by atoms with Gasteiger partial charge in [0.05, 0.1) is 0 Å².